The van der Waals surface area contributed by atoms with Crippen molar-refractivity contribution in [3.8, 4) is 5.75 Å². The van der Waals surface area contributed by atoms with E-state index in [4.69, 9.17) is 9.47 Å². The van der Waals surface area contributed by atoms with Gasteiger partial charge in [0.15, 0.2) is 0 Å². The van der Waals surface area contributed by atoms with E-state index in [0.29, 0.717) is 13.2 Å². The maximum atomic E-state index is 9.72. The molecule has 1 N–H and O–H groups in total. The summed E-state index contributed by atoms with van der Waals surface area (Å²) in [6.45, 7) is 7.24. The molecular weight excluding hydrogens is 228 g/mol. The van der Waals surface area contributed by atoms with Crippen molar-refractivity contribution in [1.29, 1.82) is 0 Å². The smallest absolute Gasteiger partial charge is 0.119 e. The monoisotopic (exact) mass is 250 g/mol. The fourth-order valence-electron chi connectivity index (χ4n) is 2.17. The van der Waals surface area contributed by atoms with Gasteiger partial charge in [0.05, 0.1) is 18.3 Å². The SMILES string of the molecule is CC(C)(C)OCCOc1ccc2c(c1)CC[C@H]2O. The number of hydrogen-bond acceptors (Lipinski definition) is 3. The molecule has 0 aliphatic heterocycles. The summed E-state index contributed by atoms with van der Waals surface area (Å²) in [4.78, 5) is 0. The van der Waals surface area contributed by atoms with E-state index >= 15 is 0 Å². The third kappa shape index (κ3) is 3.47. The van der Waals surface area contributed by atoms with Gasteiger partial charge in [0.2, 0.25) is 0 Å². The van der Waals surface area contributed by atoms with Gasteiger partial charge in [-0.25, -0.2) is 0 Å². The molecule has 0 saturated carbocycles. The maximum Gasteiger partial charge on any atom is 0.119 e. The molecule has 0 spiro atoms. The summed E-state index contributed by atoms with van der Waals surface area (Å²) in [6.07, 6.45) is 1.47. The van der Waals surface area contributed by atoms with Crippen LogP contribution in [-0.2, 0) is 11.2 Å². The van der Waals surface area contributed by atoms with Crippen LogP contribution in [0.1, 0.15) is 44.4 Å². The summed E-state index contributed by atoms with van der Waals surface area (Å²) >= 11 is 0. The largest absolute Gasteiger partial charge is 0.491 e. The van der Waals surface area contributed by atoms with E-state index in [1.807, 2.05) is 39.0 Å². The Hall–Kier alpha value is -1.06. The quantitative estimate of drug-likeness (QED) is 0.835. The first kappa shape index (κ1) is 13.4. The van der Waals surface area contributed by atoms with Crippen molar-refractivity contribution in [3.63, 3.8) is 0 Å². The average Bonchev–Trinajstić information content (AvgIpc) is 2.65. The van der Waals surface area contributed by atoms with E-state index in [0.717, 1.165) is 24.2 Å². The van der Waals surface area contributed by atoms with E-state index < -0.39 is 0 Å². The van der Waals surface area contributed by atoms with Crippen LogP contribution in [0, 0.1) is 0 Å². The molecule has 0 amide bonds. The molecule has 1 aliphatic rings. The number of rotatable bonds is 4. The Morgan fingerprint density at radius 2 is 2.06 bits per heavy atom. The minimum absolute atomic E-state index is 0.120. The predicted molar refractivity (Wildman–Crippen MR) is 70.9 cm³/mol. The Morgan fingerprint density at radius 3 is 2.78 bits per heavy atom. The molecule has 1 atom stereocenters. The molecular formula is C15H22O3. The molecule has 1 aliphatic carbocycles. The van der Waals surface area contributed by atoms with Crippen molar-refractivity contribution in [2.45, 2.75) is 45.3 Å². The second-order valence-electron chi connectivity index (χ2n) is 5.72. The van der Waals surface area contributed by atoms with Crippen molar-refractivity contribution < 1.29 is 14.6 Å². The van der Waals surface area contributed by atoms with Crippen LogP contribution in [0.2, 0.25) is 0 Å². The van der Waals surface area contributed by atoms with Gasteiger partial charge in [0.25, 0.3) is 0 Å². The van der Waals surface area contributed by atoms with Gasteiger partial charge in [0.1, 0.15) is 12.4 Å². The highest BCUT2D eigenvalue weighted by Gasteiger charge is 2.20. The number of hydrogen-bond donors (Lipinski definition) is 1. The second-order valence-corrected chi connectivity index (χ2v) is 5.72. The van der Waals surface area contributed by atoms with E-state index in [1.165, 1.54) is 5.56 Å². The van der Waals surface area contributed by atoms with Gasteiger partial charge in [-0.3, -0.25) is 0 Å². The lowest BCUT2D eigenvalue weighted by Gasteiger charge is -2.19. The molecule has 2 rings (SSSR count). The van der Waals surface area contributed by atoms with E-state index in [-0.39, 0.29) is 11.7 Å². The van der Waals surface area contributed by atoms with Crippen LogP contribution < -0.4 is 4.74 Å². The van der Waals surface area contributed by atoms with E-state index in [1.54, 1.807) is 0 Å². The first-order valence-electron chi connectivity index (χ1n) is 6.53. The summed E-state index contributed by atoms with van der Waals surface area (Å²) in [5, 5.41) is 9.72. The summed E-state index contributed by atoms with van der Waals surface area (Å²) in [5.41, 5.74) is 2.14. The van der Waals surface area contributed by atoms with Crippen LogP contribution in [0.3, 0.4) is 0 Å². The van der Waals surface area contributed by atoms with Crippen LogP contribution in [0.25, 0.3) is 0 Å². The molecule has 0 aromatic heterocycles. The van der Waals surface area contributed by atoms with E-state index in [2.05, 4.69) is 0 Å². The molecule has 1 aromatic carbocycles. The van der Waals surface area contributed by atoms with Crippen LogP contribution in [0.5, 0.6) is 5.75 Å². The highest BCUT2D eigenvalue weighted by molar-refractivity contribution is 5.39. The number of fused-ring (bicyclic) bond motifs is 1. The van der Waals surface area contributed by atoms with Gasteiger partial charge in [0, 0.05) is 0 Å². The Labute approximate surface area is 109 Å². The average molecular weight is 250 g/mol. The molecule has 0 radical (unpaired) electrons. The predicted octanol–water partition coefficient (Wildman–Crippen LogP) is 2.86. The number of aliphatic hydroxyl groups is 1. The minimum Gasteiger partial charge on any atom is -0.491 e. The first-order chi connectivity index (χ1) is 8.46. The lowest BCUT2D eigenvalue weighted by Crippen LogP contribution is -2.22. The number of benzene rings is 1. The van der Waals surface area contributed by atoms with Gasteiger partial charge >= 0.3 is 0 Å². The Bertz CT molecular complexity index is 407. The summed E-state index contributed by atoms with van der Waals surface area (Å²) in [7, 11) is 0. The second kappa shape index (κ2) is 5.29. The molecule has 0 heterocycles. The fourth-order valence-corrected chi connectivity index (χ4v) is 2.17. The molecule has 3 nitrogen and oxygen atoms in total. The summed E-state index contributed by atoms with van der Waals surface area (Å²) in [6, 6.07) is 5.92. The highest BCUT2D eigenvalue weighted by atomic mass is 16.5. The number of aliphatic hydroxyl groups excluding tert-OH is 1. The van der Waals surface area contributed by atoms with Gasteiger partial charge in [-0.1, -0.05) is 6.07 Å². The highest BCUT2D eigenvalue weighted by Crippen LogP contribution is 2.33. The molecule has 100 valence electrons. The number of aryl methyl sites for hydroxylation is 1. The summed E-state index contributed by atoms with van der Waals surface area (Å²) < 4.78 is 11.3. The molecule has 0 saturated heterocycles. The zero-order chi connectivity index (χ0) is 13.2. The van der Waals surface area contributed by atoms with Crippen molar-refractivity contribution in [3.05, 3.63) is 29.3 Å². The van der Waals surface area contributed by atoms with Crippen LogP contribution in [0.15, 0.2) is 18.2 Å². The van der Waals surface area contributed by atoms with Gasteiger partial charge in [-0.2, -0.15) is 0 Å². The zero-order valence-electron chi connectivity index (χ0n) is 11.4. The van der Waals surface area contributed by atoms with Crippen molar-refractivity contribution in [2.24, 2.45) is 0 Å². The van der Waals surface area contributed by atoms with Crippen LogP contribution in [-0.4, -0.2) is 23.9 Å². The van der Waals surface area contributed by atoms with Crippen molar-refractivity contribution >= 4 is 0 Å². The van der Waals surface area contributed by atoms with Crippen LogP contribution in [0.4, 0.5) is 0 Å². The van der Waals surface area contributed by atoms with Gasteiger partial charge in [-0.15, -0.1) is 0 Å². The normalized spacial score (nSPS) is 18.8. The molecule has 1 aromatic rings. The third-order valence-electron chi connectivity index (χ3n) is 3.05. The third-order valence-corrected chi connectivity index (χ3v) is 3.05. The number of ether oxygens (including phenoxy) is 2. The molecule has 0 unspecified atom stereocenters. The van der Waals surface area contributed by atoms with Gasteiger partial charge < -0.3 is 14.6 Å². The van der Waals surface area contributed by atoms with Crippen molar-refractivity contribution in [2.75, 3.05) is 13.2 Å². The van der Waals surface area contributed by atoms with E-state index in [9.17, 15) is 5.11 Å². The standard InChI is InChI=1S/C15H22O3/c1-15(2,3)18-9-8-17-12-5-6-13-11(10-12)4-7-14(13)16/h5-6,10,14,16H,4,7-9H2,1-3H3/t14-/m1/s1. The lowest BCUT2D eigenvalue weighted by molar-refractivity contribution is -0.0163. The molecule has 18 heavy (non-hydrogen) atoms. The maximum absolute atomic E-state index is 9.72. The Balaban J connectivity index is 1.84. The zero-order valence-corrected chi connectivity index (χ0v) is 11.4. The summed E-state index contributed by atoms with van der Waals surface area (Å²) in [5.74, 6) is 0.861. The van der Waals surface area contributed by atoms with Crippen LogP contribution >= 0.6 is 0 Å². The molecule has 0 bridgehead atoms. The first-order valence-corrected chi connectivity index (χ1v) is 6.53. The lowest BCUT2D eigenvalue weighted by atomic mass is 10.1. The topological polar surface area (TPSA) is 38.7 Å². The minimum atomic E-state index is -0.293. The Morgan fingerprint density at radius 1 is 1.28 bits per heavy atom. The van der Waals surface area contributed by atoms with Crippen molar-refractivity contribution in [1.82, 2.24) is 0 Å². The Kier molecular flexibility index (Phi) is 3.93. The molecule has 0 fully saturated rings. The molecule has 3 heteroatoms. The van der Waals surface area contributed by atoms with Gasteiger partial charge in [-0.05, 0) is 56.9 Å². The fraction of sp³-hybridized carbons (Fsp3) is 0.600.